The summed E-state index contributed by atoms with van der Waals surface area (Å²) in [6.07, 6.45) is 0. The van der Waals surface area contributed by atoms with Crippen LogP contribution in [0.3, 0.4) is 0 Å². The van der Waals surface area contributed by atoms with E-state index in [0.717, 1.165) is 67.2 Å². The van der Waals surface area contributed by atoms with Gasteiger partial charge in [0.1, 0.15) is 5.58 Å². The molecule has 0 atom stereocenters. The minimum absolute atomic E-state index is 0.278. The van der Waals surface area contributed by atoms with Crippen LogP contribution in [0.4, 0.5) is 34.1 Å². The first-order valence-electron chi connectivity index (χ1n) is 25.4. The van der Waals surface area contributed by atoms with E-state index in [2.05, 4.69) is 272 Å². The maximum atomic E-state index is 6.81. The zero-order valence-electron chi connectivity index (χ0n) is 40.6. The molecule has 3 heteroatoms. The van der Waals surface area contributed by atoms with E-state index in [4.69, 9.17) is 4.42 Å². The molecular formula is C70H48N2O. The van der Waals surface area contributed by atoms with Gasteiger partial charge in [0.15, 0.2) is 5.58 Å². The van der Waals surface area contributed by atoms with E-state index in [-0.39, 0.29) is 5.41 Å². The number of rotatable bonds is 7. The van der Waals surface area contributed by atoms with Crippen LogP contribution in [0.5, 0.6) is 0 Å². The van der Waals surface area contributed by atoms with Crippen LogP contribution in [0, 0.1) is 0 Å². The van der Waals surface area contributed by atoms with Crippen molar-refractivity contribution in [3.8, 4) is 44.5 Å². The van der Waals surface area contributed by atoms with Crippen LogP contribution in [0.25, 0.3) is 66.4 Å². The number of benzene rings is 11. The average molecular weight is 933 g/mol. The van der Waals surface area contributed by atoms with Crippen LogP contribution in [-0.4, -0.2) is 0 Å². The highest BCUT2D eigenvalue weighted by atomic mass is 16.3. The molecule has 0 fully saturated rings. The molecule has 1 aromatic heterocycles. The summed E-state index contributed by atoms with van der Waals surface area (Å²) in [7, 11) is 0. The Morgan fingerprint density at radius 3 is 1.47 bits per heavy atom. The van der Waals surface area contributed by atoms with Crippen LogP contribution >= 0.6 is 0 Å². The molecule has 1 heterocycles. The van der Waals surface area contributed by atoms with Gasteiger partial charge in [0.25, 0.3) is 0 Å². The lowest BCUT2D eigenvalue weighted by Crippen LogP contribution is -2.26. The van der Waals surface area contributed by atoms with Gasteiger partial charge in [-0.1, -0.05) is 196 Å². The minimum Gasteiger partial charge on any atom is -0.454 e. The molecule has 3 aliphatic carbocycles. The van der Waals surface area contributed by atoms with E-state index >= 15 is 0 Å². The molecule has 15 rings (SSSR count). The summed E-state index contributed by atoms with van der Waals surface area (Å²) < 4.78 is 6.81. The van der Waals surface area contributed by atoms with Crippen molar-refractivity contribution in [2.75, 3.05) is 9.80 Å². The summed E-state index contributed by atoms with van der Waals surface area (Å²) in [6, 6.07) is 93.7. The molecule has 3 nitrogen and oxygen atoms in total. The third kappa shape index (κ3) is 5.88. The Kier molecular flexibility index (Phi) is 8.92. The normalized spacial score (nSPS) is 13.8. The molecular weight excluding hydrogens is 885 g/mol. The Bertz CT molecular complexity index is 4100. The van der Waals surface area contributed by atoms with Gasteiger partial charge < -0.3 is 14.2 Å². The molecule has 0 N–H and O–H groups in total. The molecule has 73 heavy (non-hydrogen) atoms. The molecule has 344 valence electrons. The maximum absolute atomic E-state index is 6.81. The predicted molar refractivity (Wildman–Crippen MR) is 302 cm³/mol. The highest BCUT2D eigenvalue weighted by Crippen LogP contribution is 2.66. The second kappa shape index (κ2) is 15.7. The summed E-state index contributed by atoms with van der Waals surface area (Å²) >= 11 is 0. The molecule has 12 aromatic rings. The fraction of sp³-hybridized carbons (Fsp3) is 0.0571. The zero-order chi connectivity index (χ0) is 48.4. The summed E-state index contributed by atoms with van der Waals surface area (Å²) in [4.78, 5) is 4.75. The van der Waals surface area contributed by atoms with Crippen LogP contribution < -0.4 is 9.80 Å². The molecule has 0 amide bonds. The average Bonchev–Trinajstić information content (AvgIpc) is 4.26. The number of hydrogen-bond acceptors (Lipinski definition) is 3. The standard InChI is InChI=1S/C70H48N2O/c1-69(2)61-39-40-62-67(56-30-14-18-34-60(56)70(62)58-32-16-12-27-52(58)53-28-13-17-33-59(53)70)66(61)57-38-37-45(43-63(57)69)46-41-50(71(47-21-6-3-7-22-47)48-23-8-4-9-24-48)44-51(42-46)72(49-25-10-5-11-26-49)64-35-20-31-55-54-29-15-19-36-65(54)73-68(55)64/h3-44H,1-2H3. The molecule has 0 radical (unpaired) electrons. The SMILES string of the molecule is CC1(C)c2cc(-c3cc(N(c4ccccc4)c4ccccc4)cc(N(c4ccccc4)c4cccc5c4oc4ccccc45)c3)ccc2-c2c1ccc1c2-c2ccccc2C12c1ccccc1-c1ccccc12. The smallest absolute Gasteiger partial charge is 0.159 e. The van der Waals surface area contributed by atoms with Crippen molar-refractivity contribution in [1.29, 1.82) is 0 Å². The van der Waals surface area contributed by atoms with Crippen molar-refractivity contribution >= 4 is 56.1 Å². The van der Waals surface area contributed by atoms with Crippen LogP contribution in [0.15, 0.2) is 259 Å². The molecule has 0 bridgehead atoms. The van der Waals surface area contributed by atoms with Gasteiger partial charge in [-0.3, -0.25) is 0 Å². The van der Waals surface area contributed by atoms with Gasteiger partial charge in [-0.2, -0.15) is 0 Å². The van der Waals surface area contributed by atoms with E-state index in [9.17, 15) is 0 Å². The number of fused-ring (bicyclic) bond motifs is 17. The topological polar surface area (TPSA) is 19.6 Å². The second-order valence-electron chi connectivity index (χ2n) is 20.4. The van der Waals surface area contributed by atoms with Gasteiger partial charge in [0.2, 0.25) is 0 Å². The zero-order valence-corrected chi connectivity index (χ0v) is 40.6. The Hall–Kier alpha value is -9.18. The van der Waals surface area contributed by atoms with Gasteiger partial charge in [-0.15, -0.1) is 0 Å². The van der Waals surface area contributed by atoms with Crippen LogP contribution in [-0.2, 0) is 10.8 Å². The van der Waals surface area contributed by atoms with E-state index in [1.54, 1.807) is 0 Å². The largest absolute Gasteiger partial charge is 0.454 e. The first-order valence-corrected chi connectivity index (χ1v) is 25.4. The maximum Gasteiger partial charge on any atom is 0.159 e. The second-order valence-corrected chi connectivity index (χ2v) is 20.4. The first-order chi connectivity index (χ1) is 36.0. The van der Waals surface area contributed by atoms with E-state index < -0.39 is 5.41 Å². The van der Waals surface area contributed by atoms with Crippen molar-refractivity contribution in [1.82, 2.24) is 0 Å². The third-order valence-electron chi connectivity index (χ3n) is 16.2. The molecule has 0 aliphatic heterocycles. The summed E-state index contributed by atoms with van der Waals surface area (Å²) in [5.41, 5.74) is 25.7. The lowest BCUT2D eigenvalue weighted by molar-refractivity contribution is 0.660. The molecule has 0 unspecified atom stereocenters. The lowest BCUT2D eigenvalue weighted by Gasteiger charge is -2.31. The van der Waals surface area contributed by atoms with E-state index in [1.807, 2.05) is 6.07 Å². The number of anilines is 6. The molecule has 0 saturated carbocycles. The van der Waals surface area contributed by atoms with Crippen molar-refractivity contribution in [3.05, 3.63) is 288 Å². The Morgan fingerprint density at radius 1 is 0.315 bits per heavy atom. The first kappa shape index (κ1) is 41.6. The van der Waals surface area contributed by atoms with Gasteiger partial charge in [0.05, 0.1) is 11.1 Å². The Morgan fingerprint density at radius 2 is 0.808 bits per heavy atom. The fourth-order valence-corrected chi connectivity index (χ4v) is 13.1. The molecule has 11 aromatic carbocycles. The number of furan rings is 1. The van der Waals surface area contributed by atoms with Crippen molar-refractivity contribution < 1.29 is 4.42 Å². The Balaban J connectivity index is 0.964. The summed E-state index contributed by atoms with van der Waals surface area (Å²) in [6.45, 7) is 4.84. The summed E-state index contributed by atoms with van der Waals surface area (Å²) in [5, 5.41) is 2.19. The van der Waals surface area contributed by atoms with Crippen LogP contribution in [0.2, 0.25) is 0 Å². The predicted octanol–water partition coefficient (Wildman–Crippen LogP) is 18.8. The Labute approximate surface area is 425 Å². The molecule has 3 aliphatic rings. The number of nitrogens with zero attached hydrogens (tertiary/aromatic N) is 2. The minimum atomic E-state index is -0.404. The van der Waals surface area contributed by atoms with Crippen molar-refractivity contribution in [3.63, 3.8) is 0 Å². The third-order valence-corrected chi connectivity index (χ3v) is 16.2. The van der Waals surface area contributed by atoms with Gasteiger partial charge in [-0.05, 0) is 151 Å². The van der Waals surface area contributed by atoms with Gasteiger partial charge in [0, 0.05) is 44.6 Å². The number of hydrogen-bond donors (Lipinski definition) is 0. The summed E-state index contributed by atoms with van der Waals surface area (Å²) in [5.74, 6) is 0. The lowest BCUT2D eigenvalue weighted by atomic mass is 9.70. The van der Waals surface area contributed by atoms with Gasteiger partial charge >= 0.3 is 0 Å². The van der Waals surface area contributed by atoms with Crippen LogP contribution in [0.1, 0.15) is 47.2 Å². The van der Waals surface area contributed by atoms with E-state index in [1.165, 1.54) is 66.8 Å². The van der Waals surface area contributed by atoms with E-state index in [0.29, 0.717) is 0 Å². The monoisotopic (exact) mass is 932 g/mol. The van der Waals surface area contributed by atoms with Crippen molar-refractivity contribution in [2.45, 2.75) is 24.7 Å². The van der Waals surface area contributed by atoms with Gasteiger partial charge in [-0.25, -0.2) is 0 Å². The highest BCUT2D eigenvalue weighted by molar-refractivity contribution is 6.11. The molecule has 0 saturated heterocycles. The molecule has 1 spiro atoms. The fourth-order valence-electron chi connectivity index (χ4n) is 13.1. The quantitative estimate of drug-likeness (QED) is 0.159. The number of para-hydroxylation sites is 5. The highest BCUT2D eigenvalue weighted by Gasteiger charge is 2.53. The van der Waals surface area contributed by atoms with Crippen molar-refractivity contribution in [2.24, 2.45) is 0 Å².